The average Bonchev–Trinajstić information content (AvgIpc) is 2.71. The van der Waals surface area contributed by atoms with Crippen molar-refractivity contribution in [1.29, 1.82) is 0 Å². The van der Waals surface area contributed by atoms with E-state index in [2.05, 4.69) is 5.32 Å². The number of nitrogens with one attached hydrogen (secondary N) is 1. The fraction of sp³-hybridized carbons (Fsp3) is 0.545. The second-order valence-corrected chi connectivity index (χ2v) is 3.93. The normalized spacial score (nSPS) is 16.5. The maximum atomic E-state index is 12.1. The molecule has 5 nitrogen and oxygen atoms in total. The van der Waals surface area contributed by atoms with Gasteiger partial charge in [0, 0.05) is 31.7 Å². The smallest absolute Gasteiger partial charge is 0.289 e. The fourth-order valence-electron chi connectivity index (χ4n) is 1.85. The number of hydrogen-bond acceptors (Lipinski definition) is 4. The largest absolute Gasteiger partial charge is 0.453 e. The molecule has 0 radical (unpaired) electrons. The van der Waals surface area contributed by atoms with Gasteiger partial charge >= 0.3 is 0 Å². The molecule has 1 aromatic rings. The maximum Gasteiger partial charge on any atom is 0.289 e. The summed E-state index contributed by atoms with van der Waals surface area (Å²) < 4.78 is 5.32. The van der Waals surface area contributed by atoms with Crippen LogP contribution in [0.5, 0.6) is 0 Å². The van der Waals surface area contributed by atoms with Gasteiger partial charge < -0.3 is 19.7 Å². The molecule has 0 aliphatic carbocycles. The Balaban J connectivity index is 2.15. The lowest BCUT2D eigenvalue weighted by Gasteiger charge is -2.26. The second-order valence-electron chi connectivity index (χ2n) is 3.93. The highest BCUT2D eigenvalue weighted by Gasteiger charge is 2.23. The average molecular weight is 224 g/mol. The lowest BCUT2D eigenvalue weighted by atomic mass is 10.2. The van der Waals surface area contributed by atoms with E-state index in [1.165, 1.54) is 0 Å². The molecule has 2 rings (SSSR count). The van der Waals surface area contributed by atoms with E-state index in [4.69, 9.17) is 9.52 Å². The first-order chi connectivity index (χ1) is 7.72. The van der Waals surface area contributed by atoms with Crippen LogP contribution in [-0.2, 0) is 6.61 Å². The van der Waals surface area contributed by atoms with Crippen LogP contribution < -0.4 is 5.32 Å². The lowest BCUT2D eigenvalue weighted by Crippen LogP contribution is -2.46. The summed E-state index contributed by atoms with van der Waals surface area (Å²) in [6.07, 6.45) is 0. The van der Waals surface area contributed by atoms with Gasteiger partial charge in [-0.2, -0.15) is 0 Å². The number of piperazine rings is 1. The first-order valence-corrected chi connectivity index (χ1v) is 5.42. The summed E-state index contributed by atoms with van der Waals surface area (Å²) in [4.78, 5) is 13.8. The summed E-state index contributed by atoms with van der Waals surface area (Å²) in [5, 5.41) is 12.1. The standard InChI is InChI=1S/C11H16N2O3/c1-8-6-9(7-14)16-10(8)11(15)13-4-2-12-3-5-13/h6,12,14H,2-5,7H2,1H3. The Morgan fingerprint density at radius 1 is 1.56 bits per heavy atom. The van der Waals surface area contributed by atoms with Crippen LogP contribution in [0.15, 0.2) is 10.5 Å². The topological polar surface area (TPSA) is 65.7 Å². The molecule has 5 heteroatoms. The summed E-state index contributed by atoms with van der Waals surface area (Å²) in [6, 6.07) is 1.70. The van der Waals surface area contributed by atoms with Gasteiger partial charge in [-0.3, -0.25) is 4.79 Å². The molecule has 0 saturated carbocycles. The molecule has 0 aromatic carbocycles. The molecule has 1 fully saturated rings. The van der Waals surface area contributed by atoms with Crippen LogP contribution in [0.2, 0.25) is 0 Å². The van der Waals surface area contributed by atoms with E-state index >= 15 is 0 Å². The Hall–Kier alpha value is -1.33. The van der Waals surface area contributed by atoms with Crippen molar-refractivity contribution in [3.63, 3.8) is 0 Å². The molecule has 2 heterocycles. The summed E-state index contributed by atoms with van der Waals surface area (Å²) in [5.41, 5.74) is 0.785. The van der Waals surface area contributed by atoms with Crippen molar-refractivity contribution in [3.8, 4) is 0 Å². The van der Waals surface area contributed by atoms with E-state index in [0.29, 0.717) is 24.6 Å². The van der Waals surface area contributed by atoms with Crippen LogP contribution in [0.25, 0.3) is 0 Å². The van der Waals surface area contributed by atoms with E-state index < -0.39 is 0 Å². The Kier molecular flexibility index (Phi) is 3.26. The van der Waals surface area contributed by atoms with Crippen LogP contribution in [-0.4, -0.2) is 42.1 Å². The molecule has 1 saturated heterocycles. The number of furan rings is 1. The molecule has 1 aliphatic rings. The number of aliphatic hydroxyl groups excluding tert-OH is 1. The van der Waals surface area contributed by atoms with E-state index in [-0.39, 0.29) is 12.5 Å². The van der Waals surface area contributed by atoms with E-state index in [1.54, 1.807) is 11.0 Å². The minimum absolute atomic E-state index is 0.0845. The number of rotatable bonds is 2. The maximum absolute atomic E-state index is 12.1. The van der Waals surface area contributed by atoms with Crippen molar-refractivity contribution >= 4 is 5.91 Å². The second kappa shape index (κ2) is 4.67. The van der Waals surface area contributed by atoms with Crippen molar-refractivity contribution in [2.45, 2.75) is 13.5 Å². The molecule has 1 aliphatic heterocycles. The number of carbonyl (C=O) groups excluding carboxylic acids is 1. The van der Waals surface area contributed by atoms with Crippen molar-refractivity contribution in [2.24, 2.45) is 0 Å². The van der Waals surface area contributed by atoms with E-state index in [1.807, 2.05) is 6.92 Å². The third-order valence-corrected chi connectivity index (χ3v) is 2.72. The van der Waals surface area contributed by atoms with Crippen LogP contribution in [0, 0.1) is 6.92 Å². The first kappa shape index (κ1) is 11.2. The van der Waals surface area contributed by atoms with Gasteiger partial charge in [0.05, 0.1) is 0 Å². The van der Waals surface area contributed by atoms with Crippen molar-refractivity contribution in [3.05, 3.63) is 23.2 Å². The Morgan fingerprint density at radius 2 is 2.25 bits per heavy atom. The number of nitrogens with zero attached hydrogens (tertiary/aromatic N) is 1. The van der Waals surface area contributed by atoms with Gasteiger partial charge in [0.15, 0.2) is 5.76 Å². The summed E-state index contributed by atoms with van der Waals surface area (Å²) in [7, 11) is 0. The monoisotopic (exact) mass is 224 g/mol. The van der Waals surface area contributed by atoms with Crippen molar-refractivity contribution in [2.75, 3.05) is 26.2 Å². The summed E-state index contributed by atoms with van der Waals surface area (Å²) in [6.45, 7) is 4.69. The minimum atomic E-state index is -0.171. The minimum Gasteiger partial charge on any atom is -0.453 e. The number of carbonyl (C=O) groups is 1. The van der Waals surface area contributed by atoms with Crippen LogP contribution in [0.4, 0.5) is 0 Å². The molecular formula is C11H16N2O3. The van der Waals surface area contributed by atoms with Gasteiger partial charge in [0.1, 0.15) is 12.4 Å². The first-order valence-electron chi connectivity index (χ1n) is 5.42. The highest BCUT2D eigenvalue weighted by molar-refractivity contribution is 5.93. The number of hydrogen-bond donors (Lipinski definition) is 2. The highest BCUT2D eigenvalue weighted by atomic mass is 16.4. The van der Waals surface area contributed by atoms with E-state index in [0.717, 1.165) is 18.7 Å². The molecule has 1 aromatic heterocycles. The van der Waals surface area contributed by atoms with Gasteiger partial charge in [-0.1, -0.05) is 0 Å². The molecule has 0 spiro atoms. The van der Waals surface area contributed by atoms with Gasteiger partial charge in [-0.05, 0) is 13.0 Å². The van der Waals surface area contributed by atoms with E-state index in [9.17, 15) is 4.79 Å². The van der Waals surface area contributed by atoms with Crippen molar-refractivity contribution < 1.29 is 14.3 Å². The van der Waals surface area contributed by atoms with Crippen LogP contribution in [0.1, 0.15) is 21.9 Å². The summed E-state index contributed by atoms with van der Waals surface area (Å²) in [5.74, 6) is 0.709. The fourth-order valence-corrected chi connectivity index (χ4v) is 1.85. The quantitative estimate of drug-likeness (QED) is 0.749. The van der Waals surface area contributed by atoms with Gasteiger partial charge in [-0.25, -0.2) is 0 Å². The molecule has 16 heavy (non-hydrogen) atoms. The number of aliphatic hydroxyl groups is 1. The zero-order valence-electron chi connectivity index (χ0n) is 9.32. The van der Waals surface area contributed by atoms with Gasteiger partial charge in [0.25, 0.3) is 5.91 Å². The van der Waals surface area contributed by atoms with Gasteiger partial charge in [-0.15, -0.1) is 0 Å². The third-order valence-electron chi connectivity index (χ3n) is 2.72. The highest BCUT2D eigenvalue weighted by Crippen LogP contribution is 2.17. The van der Waals surface area contributed by atoms with Crippen LogP contribution >= 0.6 is 0 Å². The Bertz CT molecular complexity index is 381. The zero-order valence-corrected chi connectivity index (χ0v) is 9.32. The number of amides is 1. The SMILES string of the molecule is Cc1cc(CO)oc1C(=O)N1CCNCC1. The predicted octanol–water partition coefficient (Wildman–Crippen LogP) is 0.126. The van der Waals surface area contributed by atoms with Crippen LogP contribution in [0.3, 0.4) is 0 Å². The number of aryl methyl sites for hydroxylation is 1. The zero-order chi connectivity index (χ0) is 11.5. The molecular weight excluding hydrogens is 208 g/mol. The Morgan fingerprint density at radius 3 is 2.81 bits per heavy atom. The Labute approximate surface area is 94.0 Å². The molecule has 0 unspecified atom stereocenters. The molecule has 88 valence electrons. The summed E-state index contributed by atoms with van der Waals surface area (Å²) >= 11 is 0. The lowest BCUT2D eigenvalue weighted by molar-refractivity contribution is 0.0698. The molecule has 2 N–H and O–H groups in total. The molecule has 1 amide bonds. The van der Waals surface area contributed by atoms with Crippen molar-refractivity contribution in [1.82, 2.24) is 10.2 Å². The third kappa shape index (κ3) is 2.10. The molecule has 0 bridgehead atoms. The predicted molar refractivity (Wildman–Crippen MR) is 58.1 cm³/mol. The van der Waals surface area contributed by atoms with Gasteiger partial charge in [0.2, 0.25) is 0 Å². The molecule has 0 atom stereocenters.